The molecule has 1 aromatic heterocycles. The molecule has 1 atom stereocenters. The number of furan rings is 1. The van der Waals surface area contributed by atoms with Crippen LogP contribution in [0.5, 0.6) is 0 Å². The third-order valence-corrected chi connectivity index (χ3v) is 4.59. The normalized spacial score (nSPS) is 17.2. The summed E-state index contributed by atoms with van der Waals surface area (Å²) in [6, 6.07) is 2.81. The molecule has 0 radical (unpaired) electrons. The summed E-state index contributed by atoms with van der Waals surface area (Å²) in [7, 11) is -1.39. The highest BCUT2D eigenvalue weighted by molar-refractivity contribution is 7.84. The van der Waals surface area contributed by atoms with Gasteiger partial charge in [-0.15, -0.1) is 0 Å². The van der Waals surface area contributed by atoms with Crippen LogP contribution in [0.4, 0.5) is 0 Å². The summed E-state index contributed by atoms with van der Waals surface area (Å²) >= 11 is 0. The van der Waals surface area contributed by atoms with Crippen molar-refractivity contribution in [3.63, 3.8) is 0 Å². The van der Waals surface area contributed by atoms with E-state index >= 15 is 0 Å². The van der Waals surface area contributed by atoms with Gasteiger partial charge in [-0.25, -0.2) is 4.79 Å². The van der Waals surface area contributed by atoms with Gasteiger partial charge in [0.1, 0.15) is 11.5 Å². The van der Waals surface area contributed by atoms with E-state index in [0.29, 0.717) is 5.76 Å². The Hall–Kier alpha value is -1.63. The number of carbonyl (C=O) groups excluding carboxylic acids is 1. The lowest BCUT2D eigenvalue weighted by Crippen LogP contribution is -2.35. The monoisotopic (exact) mass is 313 g/mol. The van der Waals surface area contributed by atoms with Crippen LogP contribution in [-0.4, -0.2) is 44.9 Å². The first kappa shape index (κ1) is 15.8. The molecule has 1 aliphatic rings. The van der Waals surface area contributed by atoms with Crippen LogP contribution >= 0.6 is 0 Å². The number of carboxylic acid groups (broad SMARTS) is 1. The van der Waals surface area contributed by atoms with Crippen LogP contribution in [0, 0.1) is 0 Å². The molecule has 2 heterocycles. The Morgan fingerprint density at radius 1 is 1.19 bits per heavy atom. The lowest BCUT2D eigenvalue weighted by molar-refractivity contribution is -0.128. The first-order valence-corrected chi connectivity index (χ1v) is 8.50. The molecule has 1 fully saturated rings. The second-order valence-electron chi connectivity index (χ2n) is 5.09. The van der Waals surface area contributed by atoms with E-state index in [1.54, 1.807) is 4.90 Å². The molecule has 0 saturated carbocycles. The van der Waals surface area contributed by atoms with Gasteiger partial charge in [-0.3, -0.25) is 9.00 Å². The molecular formula is C14H19NO5S. The fourth-order valence-electron chi connectivity index (χ4n) is 2.33. The van der Waals surface area contributed by atoms with E-state index < -0.39 is 16.8 Å². The molecule has 1 N–H and O–H groups in total. The number of carboxylic acids is 1. The molecule has 21 heavy (non-hydrogen) atoms. The van der Waals surface area contributed by atoms with Crippen molar-refractivity contribution in [2.45, 2.75) is 31.4 Å². The maximum atomic E-state index is 12.1. The maximum absolute atomic E-state index is 12.1. The Kier molecular flexibility index (Phi) is 5.55. The highest BCUT2D eigenvalue weighted by Gasteiger charge is 2.19. The lowest BCUT2D eigenvalue weighted by atomic mass is 10.2. The molecule has 116 valence electrons. The van der Waals surface area contributed by atoms with E-state index in [0.717, 1.165) is 38.8 Å². The molecule has 1 amide bonds. The highest BCUT2D eigenvalue weighted by atomic mass is 32.2. The zero-order valence-corrected chi connectivity index (χ0v) is 12.6. The second kappa shape index (κ2) is 7.40. The average molecular weight is 313 g/mol. The average Bonchev–Trinajstić information content (AvgIpc) is 2.73. The van der Waals surface area contributed by atoms with Crippen molar-refractivity contribution in [1.29, 1.82) is 0 Å². The van der Waals surface area contributed by atoms with Gasteiger partial charge in [0.25, 0.3) is 0 Å². The summed E-state index contributed by atoms with van der Waals surface area (Å²) in [5.41, 5.74) is 0. The van der Waals surface area contributed by atoms with Crippen molar-refractivity contribution >= 4 is 22.7 Å². The molecule has 1 unspecified atom stereocenters. The number of likely N-dealkylation sites (tertiary alicyclic amines) is 1. The Bertz CT molecular complexity index is 531. The molecule has 1 aliphatic heterocycles. The van der Waals surface area contributed by atoms with Crippen molar-refractivity contribution in [1.82, 2.24) is 4.90 Å². The third-order valence-electron chi connectivity index (χ3n) is 3.42. The number of rotatable bonds is 5. The number of hydrogen-bond donors (Lipinski definition) is 1. The molecule has 1 saturated heterocycles. The number of aromatic carboxylic acids is 1. The quantitative estimate of drug-likeness (QED) is 0.892. The second-order valence-corrected chi connectivity index (χ2v) is 6.55. The van der Waals surface area contributed by atoms with Crippen LogP contribution in [0.1, 0.15) is 42.0 Å². The smallest absolute Gasteiger partial charge is 0.371 e. The van der Waals surface area contributed by atoms with Gasteiger partial charge in [0.15, 0.2) is 0 Å². The van der Waals surface area contributed by atoms with E-state index in [1.807, 2.05) is 0 Å². The summed E-state index contributed by atoms with van der Waals surface area (Å²) < 4.78 is 17.0. The van der Waals surface area contributed by atoms with Crippen molar-refractivity contribution in [3.05, 3.63) is 23.7 Å². The summed E-state index contributed by atoms with van der Waals surface area (Å²) in [6.07, 6.45) is 4.27. The van der Waals surface area contributed by atoms with Gasteiger partial charge in [-0.1, -0.05) is 12.8 Å². The molecular weight excluding hydrogens is 294 g/mol. The van der Waals surface area contributed by atoms with E-state index in [-0.39, 0.29) is 23.2 Å². The fraction of sp³-hybridized carbons (Fsp3) is 0.571. The van der Waals surface area contributed by atoms with E-state index in [1.165, 1.54) is 12.1 Å². The van der Waals surface area contributed by atoms with Gasteiger partial charge < -0.3 is 14.4 Å². The Labute approximate surface area is 125 Å². The minimum atomic E-state index is -1.39. The Morgan fingerprint density at radius 3 is 2.43 bits per heavy atom. The van der Waals surface area contributed by atoms with Crippen LogP contribution in [-0.2, 0) is 21.3 Å². The molecule has 1 aromatic rings. The zero-order valence-electron chi connectivity index (χ0n) is 11.7. The Morgan fingerprint density at radius 2 is 1.86 bits per heavy atom. The molecule has 0 spiro atoms. The first-order chi connectivity index (χ1) is 10.1. The van der Waals surface area contributed by atoms with Crippen LogP contribution in [0.2, 0.25) is 0 Å². The number of amides is 1. The van der Waals surface area contributed by atoms with Gasteiger partial charge in [-0.2, -0.15) is 0 Å². The molecule has 7 heteroatoms. The topological polar surface area (TPSA) is 87.8 Å². The number of nitrogens with zero attached hydrogens (tertiary/aromatic N) is 1. The van der Waals surface area contributed by atoms with Gasteiger partial charge in [-0.05, 0) is 25.0 Å². The third kappa shape index (κ3) is 4.70. The van der Waals surface area contributed by atoms with Gasteiger partial charge in [0.05, 0.1) is 5.75 Å². The standard InChI is InChI=1S/C14H19NO5S/c16-13(15-7-3-1-2-4-8-15)10-21(19)9-11-5-6-12(20-11)14(17)18/h5-6H,1-4,7-10H2,(H,17,18). The van der Waals surface area contributed by atoms with E-state index in [9.17, 15) is 13.8 Å². The summed E-state index contributed by atoms with van der Waals surface area (Å²) in [5.74, 6) is -1.08. The van der Waals surface area contributed by atoms with Gasteiger partial charge in [0.2, 0.25) is 11.7 Å². The molecule has 0 aliphatic carbocycles. The van der Waals surface area contributed by atoms with Crippen LogP contribution in [0.3, 0.4) is 0 Å². The first-order valence-electron chi connectivity index (χ1n) is 7.01. The maximum Gasteiger partial charge on any atom is 0.371 e. The summed E-state index contributed by atoms with van der Waals surface area (Å²) in [4.78, 5) is 24.5. The van der Waals surface area contributed by atoms with Crippen LogP contribution in [0.15, 0.2) is 16.5 Å². The predicted molar refractivity (Wildman–Crippen MR) is 77.4 cm³/mol. The SMILES string of the molecule is O=C(O)c1ccc(CS(=O)CC(=O)N2CCCCCC2)o1. The van der Waals surface area contributed by atoms with Crippen molar-refractivity contribution in [2.75, 3.05) is 18.8 Å². The highest BCUT2D eigenvalue weighted by Crippen LogP contribution is 2.12. The Balaban J connectivity index is 1.85. The van der Waals surface area contributed by atoms with E-state index in [2.05, 4.69) is 0 Å². The van der Waals surface area contributed by atoms with Gasteiger partial charge in [0, 0.05) is 23.9 Å². The number of hydrogen-bond acceptors (Lipinski definition) is 4. The summed E-state index contributed by atoms with van der Waals surface area (Å²) in [6.45, 7) is 1.47. The minimum absolute atomic E-state index is 0.0386. The predicted octanol–water partition coefficient (Wildman–Crippen LogP) is 1.63. The molecule has 2 rings (SSSR count). The lowest BCUT2D eigenvalue weighted by Gasteiger charge is -2.19. The van der Waals surface area contributed by atoms with Gasteiger partial charge >= 0.3 is 5.97 Å². The molecule has 0 aromatic carbocycles. The van der Waals surface area contributed by atoms with Crippen molar-refractivity contribution < 1.29 is 23.3 Å². The van der Waals surface area contributed by atoms with Crippen LogP contribution < -0.4 is 0 Å². The molecule has 6 nitrogen and oxygen atoms in total. The minimum Gasteiger partial charge on any atom is -0.475 e. The van der Waals surface area contributed by atoms with E-state index in [4.69, 9.17) is 9.52 Å². The number of carbonyl (C=O) groups is 2. The molecule has 0 bridgehead atoms. The largest absolute Gasteiger partial charge is 0.475 e. The van der Waals surface area contributed by atoms with Crippen molar-refractivity contribution in [2.24, 2.45) is 0 Å². The summed E-state index contributed by atoms with van der Waals surface area (Å²) in [5, 5.41) is 8.74. The van der Waals surface area contributed by atoms with Crippen LogP contribution in [0.25, 0.3) is 0 Å². The zero-order chi connectivity index (χ0) is 15.2. The van der Waals surface area contributed by atoms with Crippen molar-refractivity contribution in [3.8, 4) is 0 Å². The fourth-order valence-corrected chi connectivity index (χ4v) is 3.36.